The summed E-state index contributed by atoms with van der Waals surface area (Å²) in [5.74, 6) is -0.577. The molecule has 0 aromatic heterocycles. The molecule has 1 aromatic carbocycles. The molecule has 0 aliphatic heterocycles. The molecule has 0 N–H and O–H groups in total. The summed E-state index contributed by atoms with van der Waals surface area (Å²) in [6.07, 6.45) is 2.64. The van der Waals surface area contributed by atoms with Crippen LogP contribution in [0.3, 0.4) is 0 Å². The highest BCUT2D eigenvalue weighted by Gasteiger charge is 2.11. The Bertz CT molecular complexity index is 476. The van der Waals surface area contributed by atoms with Crippen molar-refractivity contribution in [3.05, 3.63) is 48.2 Å². The Morgan fingerprint density at radius 1 is 1.14 bits per heavy atom. The lowest BCUT2D eigenvalue weighted by molar-refractivity contribution is -0.149. The average molecular weight is 290 g/mol. The SMILES string of the molecule is C=COC(=O)CCCCC(=O)O[C@H](C)c1ccc(C)cc1. The minimum Gasteiger partial charge on any atom is -0.458 e. The summed E-state index contributed by atoms with van der Waals surface area (Å²) in [6.45, 7) is 7.17. The van der Waals surface area contributed by atoms with E-state index < -0.39 is 0 Å². The molecule has 0 aliphatic carbocycles. The van der Waals surface area contributed by atoms with Crippen molar-refractivity contribution in [3.63, 3.8) is 0 Å². The Labute approximate surface area is 125 Å². The van der Waals surface area contributed by atoms with Crippen molar-refractivity contribution in [2.45, 2.75) is 45.6 Å². The largest absolute Gasteiger partial charge is 0.458 e. The maximum atomic E-state index is 11.7. The zero-order chi connectivity index (χ0) is 15.7. The summed E-state index contributed by atoms with van der Waals surface area (Å²) < 4.78 is 9.95. The first-order chi connectivity index (χ1) is 10.0. The molecular formula is C17H22O4. The van der Waals surface area contributed by atoms with Crippen molar-refractivity contribution < 1.29 is 19.1 Å². The Hall–Kier alpha value is -2.10. The lowest BCUT2D eigenvalue weighted by Crippen LogP contribution is -2.09. The summed E-state index contributed by atoms with van der Waals surface area (Å²) in [7, 11) is 0. The van der Waals surface area contributed by atoms with Crippen molar-refractivity contribution in [1.29, 1.82) is 0 Å². The van der Waals surface area contributed by atoms with Crippen LogP contribution in [-0.4, -0.2) is 11.9 Å². The molecule has 0 saturated heterocycles. The maximum absolute atomic E-state index is 11.7. The van der Waals surface area contributed by atoms with Gasteiger partial charge in [0.05, 0.1) is 6.26 Å². The van der Waals surface area contributed by atoms with Crippen LogP contribution in [0, 0.1) is 6.92 Å². The Balaban J connectivity index is 2.25. The molecular weight excluding hydrogens is 268 g/mol. The molecule has 0 saturated carbocycles. The average Bonchev–Trinajstić information content (AvgIpc) is 2.44. The van der Waals surface area contributed by atoms with Gasteiger partial charge in [0.2, 0.25) is 0 Å². The predicted molar refractivity (Wildman–Crippen MR) is 80.4 cm³/mol. The highest BCUT2D eigenvalue weighted by Crippen LogP contribution is 2.18. The zero-order valence-corrected chi connectivity index (χ0v) is 12.6. The van der Waals surface area contributed by atoms with E-state index >= 15 is 0 Å². The standard InChI is InChI=1S/C17H22O4/c1-4-20-16(18)7-5-6-8-17(19)21-14(3)15-11-9-13(2)10-12-15/h4,9-12,14H,1,5-8H2,2-3H3/t14-/m1/s1. The van der Waals surface area contributed by atoms with Crippen molar-refractivity contribution >= 4 is 11.9 Å². The van der Waals surface area contributed by atoms with Crippen LogP contribution in [0.4, 0.5) is 0 Å². The number of unbranched alkanes of at least 4 members (excludes halogenated alkanes) is 1. The number of aryl methyl sites for hydroxylation is 1. The quantitative estimate of drug-likeness (QED) is 0.414. The maximum Gasteiger partial charge on any atom is 0.310 e. The van der Waals surface area contributed by atoms with Gasteiger partial charge < -0.3 is 9.47 Å². The summed E-state index contributed by atoms with van der Waals surface area (Å²) in [6, 6.07) is 7.90. The minimum atomic E-state index is -0.327. The number of carbonyl (C=O) groups is 2. The van der Waals surface area contributed by atoms with E-state index in [1.54, 1.807) is 0 Å². The van der Waals surface area contributed by atoms with E-state index in [2.05, 4.69) is 11.3 Å². The van der Waals surface area contributed by atoms with Gasteiger partial charge in [0, 0.05) is 12.8 Å². The number of ether oxygens (including phenoxy) is 2. The molecule has 0 spiro atoms. The highest BCUT2D eigenvalue weighted by molar-refractivity contribution is 5.71. The molecule has 1 aromatic rings. The normalized spacial score (nSPS) is 11.5. The van der Waals surface area contributed by atoms with E-state index in [0.717, 1.165) is 11.8 Å². The number of hydrogen-bond acceptors (Lipinski definition) is 4. The second-order valence-electron chi connectivity index (χ2n) is 4.91. The van der Waals surface area contributed by atoms with Crippen molar-refractivity contribution in [3.8, 4) is 0 Å². The molecule has 4 heteroatoms. The van der Waals surface area contributed by atoms with Gasteiger partial charge in [-0.2, -0.15) is 0 Å². The van der Waals surface area contributed by atoms with Crippen LogP contribution in [0.15, 0.2) is 37.1 Å². The monoisotopic (exact) mass is 290 g/mol. The van der Waals surface area contributed by atoms with Gasteiger partial charge in [-0.15, -0.1) is 0 Å². The summed E-state index contributed by atoms with van der Waals surface area (Å²) in [4.78, 5) is 22.8. The first-order valence-corrected chi connectivity index (χ1v) is 7.09. The second kappa shape index (κ2) is 8.95. The molecule has 114 valence electrons. The third-order valence-electron chi connectivity index (χ3n) is 3.08. The van der Waals surface area contributed by atoms with E-state index in [1.165, 1.54) is 5.56 Å². The number of rotatable bonds is 8. The van der Waals surface area contributed by atoms with E-state index in [9.17, 15) is 9.59 Å². The third-order valence-corrected chi connectivity index (χ3v) is 3.08. The number of carbonyl (C=O) groups excluding carboxylic acids is 2. The van der Waals surface area contributed by atoms with Crippen LogP contribution in [-0.2, 0) is 19.1 Å². The van der Waals surface area contributed by atoms with Crippen LogP contribution in [0.1, 0.15) is 49.8 Å². The Morgan fingerprint density at radius 3 is 2.29 bits per heavy atom. The third kappa shape index (κ3) is 6.75. The molecule has 21 heavy (non-hydrogen) atoms. The summed E-state index contributed by atoms with van der Waals surface area (Å²) >= 11 is 0. The highest BCUT2D eigenvalue weighted by atomic mass is 16.5. The number of esters is 2. The van der Waals surface area contributed by atoms with Gasteiger partial charge in [0.25, 0.3) is 0 Å². The van der Waals surface area contributed by atoms with Crippen LogP contribution >= 0.6 is 0 Å². The van der Waals surface area contributed by atoms with E-state index in [1.807, 2.05) is 38.1 Å². The van der Waals surface area contributed by atoms with E-state index in [4.69, 9.17) is 4.74 Å². The van der Waals surface area contributed by atoms with Gasteiger partial charge in [0.1, 0.15) is 6.10 Å². The van der Waals surface area contributed by atoms with Crippen LogP contribution in [0.25, 0.3) is 0 Å². The zero-order valence-electron chi connectivity index (χ0n) is 12.6. The molecule has 0 bridgehead atoms. The first-order valence-electron chi connectivity index (χ1n) is 7.09. The van der Waals surface area contributed by atoms with E-state index in [0.29, 0.717) is 19.3 Å². The lowest BCUT2D eigenvalue weighted by atomic mass is 10.1. The lowest BCUT2D eigenvalue weighted by Gasteiger charge is -2.13. The fraction of sp³-hybridized carbons (Fsp3) is 0.412. The van der Waals surface area contributed by atoms with Gasteiger partial charge in [-0.1, -0.05) is 36.4 Å². The van der Waals surface area contributed by atoms with Gasteiger partial charge >= 0.3 is 11.9 Å². The summed E-state index contributed by atoms with van der Waals surface area (Å²) in [5.41, 5.74) is 2.15. The van der Waals surface area contributed by atoms with Crippen LogP contribution in [0.2, 0.25) is 0 Å². The van der Waals surface area contributed by atoms with Crippen LogP contribution in [0.5, 0.6) is 0 Å². The predicted octanol–water partition coefficient (Wildman–Crippen LogP) is 3.85. The molecule has 0 aliphatic rings. The summed E-state index contributed by atoms with van der Waals surface area (Å²) in [5, 5.41) is 0. The van der Waals surface area contributed by atoms with Crippen molar-refractivity contribution in [2.75, 3.05) is 0 Å². The molecule has 0 fully saturated rings. The molecule has 1 rings (SSSR count). The fourth-order valence-corrected chi connectivity index (χ4v) is 1.85. The van der Waals surface area contributed by atoms with Crippen molar-refractivity contribution in [2.24, 2.45) is 0 Å². The van der Waals surface area contributed by atoms with E-state index in [-0.39, 0.29) is 24.5 Å². The minimum absolute atomic E-state index is 0.250. The van der Waals surface area contributed by atoms with Crippen LogP contribution < -0.4 is 0 Å². The molecule has 0 heterocycles. The van der Waals surface area contributed by atoms with Crippen molar-refractivity contribution in [1.82, 2.24) is 0 Å². The molecule has 0 unspecified atom stereocenters. The smallest absolute Gasteiger partial charge is 0.310 e. The van der Waals surface area contributed by atoms with Gasteiger partial charge in [-0.25, -0.2) is 0 Å². The molecule has 1 atom stereocenters. The molecule has 0 amide bonds. The van der Waals surface area contributed by atoms with Gasteiger partial charge in [0.15, 0.2) is 0 Å². The number of benzene rings is 1. The topological polar surface area (TPSA) is 52.6 Å². The Kier molecular flexibility index (Phi) is 7.23. The first kappa shape index (κ1) is 17.0. The Morgan fingerprint density at radius 2 is 1.71 bits per heavy atom. The van der Waals surface area contributed by atoms with Gasteiger partial charge in [-0.05, 0) is 32.3 Å². The number of hydrogen-bond donors (Lipinski definition) is 0. The van der Waals surface area contributed by atoms with Gasteiger partial charge in [-0.3, -0.25) is 9.59 Å². The molecule has 0 radical (unpaired) electrons. The fourth-order valence-electron chi connectivity index (χ4n) is 1.85. The molecule has 4 nitrogen and oxygen atoms in total. The second-order valence-corrected chi connectivity index (χ2v) is 4.91.